The Balaban J connectivity index is 1.75. The number of benzene rings is 3. The normalized spacial score (nSPS) is 14.9. The molecule has 3 aromatic rings. The van der Waals surface area contributed by atoms with E-state index in [-0.39, 0.29) is 5.91 Å². The molecule has 150 valence electrons. The van der Waals surface area contributed by atoms with Gasteiger partial charge in [-0.2, -0.15) is 0 Å². The first kappa shape index (κ1) is 20.1. The number of aryl methyl sites for hydroxylation is 1. The van der Waals surface area contributed by atoms with Gasteiger partial charge in [0.05, 0.1) is 12.3 Å². The molecule has 0 atom stereocenters. The van der Waals surface area contributed by atoms with Gasteiger partial charge in [0, 0.05) is 10.0 Å². The lowest BCUT2D eigenvalue weighted by Crippen LogP contribution is -2.32. The molecule has 1 heterocycles. The number of hydrogen-bond acceptors (Lipinski definition) is 3. The maximum Gasteiger partial charge on any atom is 0.282 e. The molecule has 0 saturated heterocycles. The van der Waals surface area contributed by atoms with Gasteiger partial charge in [0.15, 0.2) is 0 Å². The van der Waals surface area contributed by atoms with Crippen LogP contribution >= 0.6 is 15.9 Å². The standard InChI is InChI=1S/C25H21BrN2O2/c1-3-30-22-14-6-18(7-15-22)16-23-25(29)28(21-12-10-20(26)11-13-21)24(27-23)19-8-4-17(2)5-9-19/h4-16H,3H2,1-2H3/b23-16-. The number of carbonyl (C=O) groups excluding carboxylic acids is 1. The second-order valence-corrected chi connectivity index (χ2v) is 7.87. The average Bonchev–Trinajstić information content (AvgIpc) is 3.07. The number of aliphatic imine (C=N–C) groups is 1. The van der Waals surface area contributed by atoms with Gasteiger partial charge >= 0.3 is 0 Å². The van der Waals surface area contributed by atoms with Gasteiger partial charge in [0.2, 0.25) is 0 Å². The zero-order valence-corrected chi connectivity index (χ0v) is 18.4. The first-order valence-corrected chi connectivity index (χ1v) is 10.5. The lowest BCUT2D eigenvalue weighted by molar-refractivity contribution is -0.113. The Morgan fingerprint density at radius 2 is 1.63 bits per heavy atom. The minimum Gasteiger partial charge on any atom is -0.494 e. The number of hydrogen-bond donors (Lipinski definition) is 0. The van der Waals surface area contributed by atoms with Crippen molar-refractivity contribution in [1.29, 1.82) is 0 Å². The topological polar surface area (TPSA) is 41.9 Å². The van der Waals surface area contributed by atoms with Crippen LogP contribution in [0, 0.1) is 6.92 Å². The minimum atomic E-state index is -0.151. The summed E-state index contributed by atoms with van der Waals surface area (Å²) in [4.78, 5) is 19.7. The molecule has 0 spiro atoms. The molecule has 4 nitrogen and oxygen atoms in total. The predicted molar refractivity (Wildman–Crippen MR) is 125 cm³/mol. The van der Waals surface area contributed by atoms with Crippen LogP contribution in [0.3, 0.4) is 0 Å². The van der Waals surface area contributed by atoms with Crippen molar-refractivity contribution in [3.63, 3.8) is 0 Å². The second kappa shape index (κ2) is 8.67. The monoisotopic (exact) mass is 460 g/mol. The Hall–Kier alpha value is -3.18. The summed E-state index contributed by atoms with van der Waals surface area (Å²) in [6.07, 6.45) is 1.81. The van der Waals surface area contributed by atoms with Crippen LogP contribution in [0.1, 0.15) is 23.6 Å². The highest BCUT2D eigenvalue weighted by Crippen LogP contribution is 2.29. The summed E-state index contributed by atoms with van der Waals surface area (Å²) >= 11 is 3.45. The van der Waals surface area contributed by atoms with E-state index in [1.165, 1.54) is 0 Å². The SMILES string of the molecule is CCOc1ccc(/C=C2\N=C(c3ccc(C)cc3)N(c3ccc(Br)cc3)C2=O)cc1. The molecule has 30 heavy (non-hydrogen) atoms. The third-order valence-electron chi connectivity index (χ3n) is 4.75. The Morgan fingerprint density at radius 3 is 2.27 bits per heavy atom. The van der Waals surface area contributed by atoms with Crippen LogP contribution in [-0.2, 0) is 4.79 Å². The quantitative estimate of drug-likeness (QED) is 0.438. The van der Waals surface area contributed by atoms with Gasteiger partial charge in [-0.25, -0.2) is 4.99 Å². The number of carbonyl (C=O) groups is 1. The fourth-order valence-corrected chi connectivity index (χ4v) is 3.49. The van der Waals surface area contributed by atoms with Gasteiger partial charge in [-0.1, -0.05) is 57.9 Å². The van der Waals surface area contributed by atoms with Crippen LogP contribution in [-0.4, -0.2) is 18.3 Å². The molecule has 0 radical (unpaired) electrons. The fourth-order valence-electron chi connectivity index (χ4n) is 3.23. The van der Waals surface area contributed by atoms with Crippen LogP contribution in [0.25, 0.3) is 6.08 Å². The van der Waals surface area contributed by atoms with Gasteiger partial charge in [-0.15, -0.1) is 0 Å². The molecule has 1 aliphatic rings. The zero-order chi connectivity index (χ0) is 21.1. The molecule has 0 unspecified atom stereocenters. The van der Waals surface area contributed by atoms with Gasteiger partial charge in [0.25, 0.3) is 5.91 Å². The maximum absolute atomic E-state index is 13.3. The van der Waals surface area contributed by atoms with Crippen molar-refractivity contribution >= 4 is 39.4 Å². The van der Waals surface area contributed by atoms with Crippen molar-refractivity contribution in [3.05, 3.63) is 99.7 Å². The summed E-state index contributed by atoms with van der Waals surface area (Å²) in [5, 5.41) is 0. The van der Waals surface area contributed by atoms with Gasteiger partial charge in [-0.05, 0) is 61.9 Å². The van der Waals surface area contributed by atoms with E-state index in [1.807, 2.05) is 92.7 Å². The van der Waals surface area contributed by atoms with Crippen LogP contribution in [0.4, 0.5) is 5.69 Å². The van der Waals surface area contributed by atoms with E-state index < -0.39 is 0 Å². The predicted octanol–water partition coefficient (Wildman–Crippen LogP) is 5.99. The fraction of sp³-hybridized carbons (Fsp3) is 0.120. The summed E-state index contributed by atoms with van der Waals surface area (Å²) in [6, 6.07) is 23.3. The smallest absolute Gasteiger partial charge is 0.282 e. The molecular formula is C25H21BrN2O2. The highest BCUT2D eigenvalue weighted by Gasteiger charge is 2.32. The summed E-state index contributed by atoms with van der Waals surface area (Å²) in [6.45, 7) is 4.60. The van der Waals surface area contributed by atoms with E-state index in [9.17, 15) is 4.79 Å². The summed E-state index contributed by atoms with van der Waals surface area (Å²) in [5.41, 5.74) is 4.12. The zero-order valence-electron chi connectivity index (χ0n) is 16.8. The number of ether oxygens (including phenoxy) is 1. The average molecular weight is 461 g/mol. The van der Waals surface area contributed by atoms with Crippen LogP contribution in [0.2, 0.25) is 0 Å². The molecule has 0 N–H and O–H groups in total. The van der Waals surface area contributed by atoms with Crippen molar-refractivity contribution < 1.29 is 9.53 Å². The van der Waals surface area contributed by atoms with Crippen molar-refractivity contribution in [3.8, 4) is 5.75 Å². The summed E-state index contributed by atoms with van der Waals surface area (Å²) in [5.74, 6) is 1.28. The van der Waals surface area contributed by atoms with E-state index in [1.54, 1.807) is 4.90 Å². The first-order chi connectivity index (χ1) is 14.5. The van der Waals surface area contributed by atoms with E-state index >= 15 is 0 Å². The third-order valence-corrected chi connectivity index (χ3v) is 5.28. The van der Waals surface area contributed by atoms with Crippen LogP contribution < -0.4 is 9.64 Å². The maximum atomic E-state index is 13.3. The van der Waals surface area contributed by atoms with Crippen molar-refractivity contribution in [1.82, 2.24) is 0 Å². The summed E-state index contributed by atoms with van der Waals surface area (Å²) in [7, 11) is 0. The molecule has 0 saturated carbocycles. The number of anilines is 1. The van der Waals surface area contributed by atoms with E-state index in [0.29, 0.717) is 18.1 Å². The van der Waals surface area contributed by atoms with Crippen molar-refractivity contribution in [2.75, 3.05) is 11.5 Å². The number of amidine groups is 1. The third kappa shape index (κ3) is 4.21. The molecular weight excluding hydrogens is 440 g/mol. The Morgan fingerprint density at radius 1 is 0.967 bits per heavy atom. The lowest BCUT2D eigenvalue weighted by atomic mass is 10.1. The number of amides is 1. The van der Waals surface area contributed by atoms with Gasteiger partial charge in [-0.3, -0.25) is 9.69 Å². The highest BCUT2D eigenvalue weighted by molar-refractivity contribution is 9.10. The Labute approximate surface area is 184 Å². The van der Waals surface area contributed by atoms with Gasteiger partial charge in [0.1, 0.15) is 17.3 Å². The first-order valence-electron chi connectivity index (χ1n) is 9.75. The molecule has 5 heteroatoms. The van der Waals surface area contributed by atoms with Gasteiger partial charge < -0.3 is 4.74 Å². The van der Waals surface area contributed by atoms with E-state index in [4.69, 9.17) is 9.73 Å². The highest BCUT2D eigenvalue weighted by atomic mass is 79.9. The van der Waals surface area contributed by atoms with E-state index in [0.717, 1.165) is 32.6 Å². The lowest BCUT2D eigenvalue weighted by Gasteiger charge is -2.18. The van der Waals surface area contributed by atoms with Crippen molar-refractivity contribution in [2.24, 2.45) is 4.99 Å². The Bertz CT molecular complexity index is 1120. The largest absolute Gasteiger partial charge is 0.494 e. The van der Waals surface area contributed by atoms with E-state index in [2.05, 4.69) is 15.9 Å². The summed E-state index contributed by atoms with van der Waals surface area (Å²) < 4.78 is 6.45. The van der Waals surface area contributed by atoms with Crippen LogP contribution in [0.5, 0.6) is 5.75 Å². The van der Waals surface area contributed by atoms with Crippen molar-refractivity contribution in [2.45, 2.75) is 13.8 Å². The molecule has 0 aliphatic carbocycles. The molecule has 3 aromatic carbocycles. The number of rotatable bonds is 5. The number of halogens is 1. The molecule has 1 aliphatic heterocycles. The van der Waals surface area contributed by atoms with Crippen LogP contribution in [0.15, 0.2) is 88.0 Å². The number of nitrogens with zero attached hydrogens (tertiary/aromatic N) is 2. The molecule has 1 amide bonds. The molecule has 0 aromatic heterocycles. The molecule has 0 bridgehead atoms. The molecule has 0 fully saturated rings. The molecule has 4 rings (SSSR count). The Kier molecular flexibility index (Phi) is 5.81. The minimum absolute atomic E-state index is 0.151. The second-order valence-electron chi connectivity index (χ2n) is 6.95.